The minimum atomic E-state index is -0.335. The van der Waals surface area contributed by atoms with Crippen LogP contribution in [0.2, 0.25) is 0 Å². The summed E-state index contributed by atoms with van der Waals surface area (Å²) in [6.07, 6.45) is 1.64. The van der Waals surface area contributed by atoms with Crippen LogP contribution in [0.5, 0.6) is 5.75 Å². The highest BCUT2D eigenvalue weighted by molar-refractivity contribution is 8.00. The van der Waals surface area contributed by atoms with Gasteiger partial charge in [0.1, 0.15) is 11.5 Å². The molecule has 0 spiro atoms. The molecule has 0 fully saturated rings. The Hall–Kier alpha value is -3.04. The van der Waals surface area contributed by atoms with E-state index in [9.17, 15) is 4.79 Å². The molecule has 0 aliphatic carbocycles. The van der Waals surface area contributed by atoms with Crippen molar-refractivity contribution in [2.75, 3.05) is 7.11 Å². The van der Waals surface area contributed by atoms with Crippen LogP contribution < -0.4 is 10.1 Å². The third-order valence-corrected chi connectivity index (χ3v) is 6.56. The molecule has 0 aliphatic heterocycles. The molecule has 0 bridgehead atoms. The number of rotatable bonds is 9. The Kier molecular flexibility index (Phi) is 6.73. The fraction of sp³-hybridized carbons (Fsp3) is 0.227. The number of hydrogen-bond donors (Lipinski definition) is 1. The molecule has 1 atom stereocenters. The highest BCUT2D eigenvalue weighted by Crippen LogP contribution is 2.29. The first-order chi connectivity index (χ1) is 15.1. The summed E-state index contributed by atoms with van der Waals surface area (Å²) < 4.78 is 12.9. The molecule has 1 amide bonds. The van der Waals surface area contributed by atoms with Gasteiger partial charge in [-0.05, 0) is 42.6 Å². The van der Waals surface area contributed by atoms with Crippen molar-refractivity contribution >= 4 is 29.0 Å². The second-order valence-corrected chi connectivity index (χ2v) is 9.10. The van der Waals surface area contributed by atoms with E-state index in [0.717, 1.165) is 22.0 Å². The second-order valence-electron chi connectivity index (χ2n) is 6.76. The third-order valence-electron chi connectivity index (χ3n) is 4.61. The number of nitrogens with one attached hydrogen (secondary N) is 1. The van der Waals surface area contributed by atoms with Crippen LogP contribution in [0.3, 0.4) is 0 Å². The number of aromatic nitrogens is 3. The van der Waals surface area contributed by atoms with Crippen LogP contribution in [0.15, 0.2) is 69.7 Å². The summed E-state index contributed by atoms with van der Waals surface area (Å²) in [4.78, 5) is 13.7. The summed E-state index contributed by atoms with van der Waals surface area (Å²) in [7, 11) is 1.63. The Balaban J connectivity index is 1.56. The molecule has 0 saturated carbocycles. The van der Waals surface area contributed by atoms with E-state index in [4.69, 9.17) is 9.15 Å². The number of methoxy groups -OCH3 is 1. The standard InChI is InChI=1S/C22H22N4O3S2/c1-15(21(27)23-13-19-9-5-11-30-19)31-22-25-24-20(16-6-3-7-17(12-16)28-2)26(22)14-18-8-4-10-29-18/h3-12,15H,13-14H2,1-2H3,(H,23,27). The number of benzene rings is 1. The van der Waals surface area contributed by atoms with E-state index in [0.29, 0.717) is 24.1 Å². The Bertz CT molecular complexity index is 1120. The molecule has 3 aromatic heterocycles. The van der Waals surface area contributed by atoms with Crippen LogP contribution in [0.4, 0.5) is 0 Å². The number of amides is 1. The molecule has 3 heterocycles. The number of ether oxygens (including phenoxy) is 1. The van der Waals surface area contributed by atoms with Gasteiger partial charge in [0.2, 0.25) is 5.91 Å². The second kappa shape index (κ2) is 9.84. The van der Waals surface area contributed by atoms with Crippen LogP contribution >= 0.6 is 23.1 Å². The van der Waals surface area contributed by atoms with Gasteiger partial charge in [0.05, 0.1) is 31.7 Å². The minimum Gasteiger partial charge on any atom is -0.497 e. The zero-order chi connectivity index (χ0) is 21.6. The summed E-state index contributed by atoms with van der Waals surface area (Å²) in [5.74, 6) is 2.15. The number of nitrogens with zero attached hydrogens (tertiary/aromatic N) is 3. The quantitative estimate of drug-likeness (QED) is 0.376. The van der Waals surface area contributed by atoms with E-state index in [1.54, 1.807) is 24.7 Å². The fourth-order valence-corrected chi connectivity index (χ4v) is 4.51. The smallest absolute Gasteiger partial charge is 0.233 e. The van der Waals surface area contributed by atoms with Gasteiger partial charge in [0, 0.05) is 10.4 Å². The summed E-state index contributed by atoms with van der Waals surface area (Å²) in [6, 6.07) is 15.4. The molecule has 9 heteroatoms. The molecule has 1 N–H and O–H groups in total. The summed E-state index contributed by atoms with van der Waals surface area (Å²) >= 11 is 2.99. The van der Waals surface area contributed by atoms with Crippen molar-refractivity contribution in [3.63, 3.8) is 0 Å². The number of furan rings is 1. The lowest BCUT2D eigenvalue weighted by Crippen LogP contribution is -2.30. The maximum absolute atomic E-state index is 12.6. The van der Waals surface area contributed by atoms with Gasteiger partial charge in [-0.1, -0.05) is 30.0 Å². The Morgan fingerprint density at radius 2 is 2.16 bits per heavy atom. The van der Waals surface area contributed by atoms with Crippen molar-refractivity contribution in [1.29, 1.82) is 0 Å². The molecule has 0 aliphatic rings. The molecule has 4 aromatic rings. The third kappa shape index (κ3) is 5.18. The summed E-state index contributed by atoms with van der Waals surface area (Å²) in [5, 5.41) is 14.1. The highest BCUT2D eigenvalue weighted by atomic mass is 32.2. The number of thiophene rings is 1. The van der Waals surface area contributed by atoms with Crippen LogP contribution in [0, 0.1) is 0 Å². The van der Waals surface area contributed by atoms with Crippen LogP contribution in [-0.4, -0.2) is 33.0 Å². The molecule has 0 saturated heterocycles. The van der Waals surface area contributed by atoms with Crippen LogP contribution in [0.25, 0.3) is 11.4 Å². The van der Waals surface area contributed by atoms with E-state index >= 15 is 0 Å². The largest absolute Gasteiger partial charge is 0.497 e. The fourth-order valence-electron chi connectivity index (χ4n) is 3.00. The number of carbonyl (C=O) groups excluding carboxylic acids is 1. The van der Waals surface area contributed by atoms with Crippen molar-refractivity contribution in [2.24, 2.45) is 0 Å². The molecule has 1 aromatic carbocycles. The summed E-state index contributed by atoms with van der Waals surface area (Å²) in [6.45, 7) is 2.85. The van der Waals surface area contributed by atoms with Gasteiger partial charge in [-0.15, -0.1) is 21.5 Å². The normalized spacial score (nSPS) is 11.9. The predicted molar refractivity (Wildman–Crippen MR) is 121 cm³/mol. The maximum Gasteiger partial charge on any atom is 0.233 e. The van der Waals surface area contributed by atoms with E-state index in [1.807, 2.05) is 65.4 Å². The molecule has 160 valence electrons. The van der Waals surface area contributed by atoms with Crippen LogP contribution in [0.1, 0.15) is 17.6 Å². The monoisotopic (exact) mass is 454 g/mol. The van der Waals surface area contributed by atoms with Crippen molar-refractivity contribution in [2.45, 2.75) is 30.4 Å². The molecule has 31 heavy (non-hydrogen) atoms. The average Bonchev–Trinajstić information content (AvgIpc) is 3.56. The van der Waals surface area contributed by atoms with Crippen molar-refractivity contribution in [3.8, 4) is 17.1 Å². The Morgan fingerprint density at radius 1 is 1.26 bits per heavy atom. The van der Waals surface area contributed by atoms with Crippen LogP contribution in [-0.2, 0) is 17.9 Å². The Labute approximate surface area is 188 Å². The van der Waals surface area contributed by atoms with E-state index in [2.05, 4.69) is 15.5 Å². The lowest BCUT2D eigenvalue weighted by Gasteiger charge is -2.13. The average molecular weight is 455 g/mol. The first-order valence-corrected chi connectivity index (χ1v) is 11.5. The highest BCUT2D eigenvalue weighted by Gasteiger charge is 2.22. The lowest BCUT2D eigenvalue weighted by atomic mass is 10.2. The van der Waals surface area contributed by atoms with Gasteiger partial charge in [0.15, 0.2) is 11.0 Å². The van der Waals surface area contributed by atoms with Crippen molar-refractivity contribution in [1.82, 2.24) is 20.1 Å². The lowest BCUT2D eigenvalue weighted by molar-refractivity contribution is -0.120. The molecular formula is C22H22N4O3S2. The molecular weight excluding hydrogens is 432 g/mol. The van der Waals surface area contributed by atoms with Crippen molar-refractivity contribution in [3.05, 3.63) is 70.8 Å². The Morgan fingerprint density at radius 3 is 2.90 bits per heavy atom. The maximum atomic E-state index is 12.6. The first kappa shape index (κ1) is 21.2. The first-order valence-electron chi connectivity index (χ1n) is 9.71. The predicted octanol–water partition coefficient (Wildman–Crippen LogP) is 4.45. The van der Waals surface area contributed by atoms with Gasteiger partial charge in [-0.25, -0.2) is 0 Å². The van der Waals surface area contributed by atoms with E-state index < -0.39 is 0 Å². The van der Waals surface area contributed by atoms with E-state index in [1.165, 1.54) is 11.8 Å². The SMILES string of the molecule is COc1cccc(-c2nnc(SC(C)C(=O)NCc3cccs3)n2Cc2ccco2)c1. The molecule has 1 unspecified atom stereocenters. The zero-order valence-corrected chi connectivity index (χ0v) is 18.8. The number of carbonyl (C=O) groups is 1. The van der Waals surface area contributed by atoms with Gasteiger partial charge < -0.3 is 14.5 Å². The topological polar surface area (TPSA) is 82.2 Å². The number of hydrogen-bond acceptors (Lipinski definition) is 7. The minimum absolute atomic E-state index is 0.0473. The molecule has 7 nitrogen and oxygen atoms in total. The summed E-state index contributed by atoms with van der Waals surface area (Å²) in [5.41, 5.74) is 0.875. The van der Waals surface area contributed by atoms with E-state index in [-0.39, 0.29) is 11.2 Å². The molecule has 0 radical (unpaired) electrons. The van der Waals surface area contributed by atoms with Gasteiger partial charge in [-0.2, -0.15) is 0 Å². The van der Waals surface area contributed by atoms with Gasteiger partial charge in [0.25, 0.3) is 0 Å². The van der Waals surface area contributed by atoms with Crippen molar-refractivity contribution < 1.29 is 13.9 Å². The van der Waals surface area contributed by atoms with Gasteiger partial charge in [-0.3, -0.25) is 9.36 Å². The number of thioether (sulfide) groups is 1. The zero-order valence-electron chi connectivity index (χ0n) is 17.1. The molecule has 4 rings (SSSR count). The van der Waals surface area contributed by atoms with Gasteiger partial charge >= 0.3 is 0 Å².